The van der Waals surface area contributed by atoms with Crippen LogP contribution in [0, 0.1) is 0 Å². The second kappa shape index (κ2) is 3.98. The molecule has 6 heteroatoms. The fourth-order valence-electron chi connectivity index (χ4n) is 1.81. The minimum absolute atomic E-state index is 0.0616. The van der Waals surface area contributed by atoms with E-state index < -0.39 is 6.09 Å². The molecule has 1 aromatic heterocycles. The molecule has 1 unspecified atom stereocenters. The van der Waals surface area contributed by atoms with Gasteiger partial charge in [0.15, 0.2) is 4.47 Å². The highest BCUT2D eigenvalue weighted by atomic mass is 35.5. The molecular formula is C9H11ClN2O2S. The smallest absolute Gasteiger partial charge is 0.407 e. The van der Waals surface area contributed by atoms with Crippen LogP contribution in [0.15, 0.2) is 0 Å². The fraction of sp³-hybridized carbons (Fsp3) is 0.556. The summed E-state index contributed by atoms with van der Waals surface area (Å²) in [4.78, 5) is 17.5. The predicted octanol–water partition coefficient (Wildman–Crippen LogP) is 2.26. The second-order valence-corrected chi connectivity index (χ2v) is 5.29. The Balaban J connectivity index is 2.14. The molecule has 1 N–H and O–H groups in total. The van der Waals surface area contributed by atoms with Gasteiger partial charge in [-0.25, -0.2) is 9.78 Å². The van der Waals surface area contributed by atoms with Crippen LogP contribution in [-0.4, -0.2) is 34.2 Å². The van der Waals surface area contributed by atoms with Gasteiger partial charge in [-0.05, 0) is 12.8 Å². The van der Waals surface area contributed by atoms with E-state index in [1.807, 2.05) is 0 Å². The highest BCUT2D eigenvalue weighted by molar-refractivity contribution is 7.15. The van der Waals surface area contributed by atoms with Gasteiger partial charge in [0.25, 0.3) is 0 Å². The third-order valence-electron chi connectivity index (χ3n) is 2.74. The van der Waals surface area contributed by atoms with Crippen molar-refractivity contribution in [2.24, 2.45) is 0 Å². The van der Waals surface area contributed by atoms with E-state index in [2.05, 4.69) is 4.98 Å². The van der Waals surface area contributed by atoms with Crippen LogP contribution in [0.25, 0.3) is 0 Å². The molecule has 1 heterocycles. The topological polar surface area (TPSA) is 53.4 Å². The lowest BCUT2D eigenvalue weighted by Crippen LogP contribution is -2.39. The van der Waals surface area contributed by atoms with E-state index in [9.17, 15) is 4.79 Å². The monoisotopic (exact) mass is 246 g/mol. The molecule has 0 bridgehead atoms. The fourth-order valence-corrected chi connectivity index (χ4v) is 3.09. The van der Waals surface area contributed by atoms with Crippen molar-refractivity contribution in [3.8, 4) is 0 Å². The second-order valence-electron chi connectivity index (χ2n) is 3.63. The maximum Gasteiger partial charge on any atom is 0.407 e. The van der Waals surface area contributed by atoms with Crippen molar-refractivity contribution in [3.05, 3.63) is 15.0 Å². The van der Waals surface area contributed by atoms with Gasteiger partial charge in [-0.1, -0.05) is 11.6 Å². The Bertz CT molecular complexity index is 393. The van der Waals surface area contributed by atoms with Gasteiger partial charge in [0, 0.05) is 24.4 Å². The van der Waals surface area contributed by atoms with Crippen molar-refractivity contribution in [1.29, 1.82) is 0 Å². The van der Waals surface area contributed by atoms with E-state index in [4.69, 9.17) is 16.7 Å². The van der Waals surface area contributed by atoms with Crippen molar-refractivity contribution in [2.75, 3.05) is 7.05 Å². The number of hydrogen-bond donors (Lipinski definition) is 1. The summed E-state index contributed by atoms with van der Waals surface area (Å²) in [6.45, 7) is 0. The molecule has 2 rings (SSSR count). The minimum Gasteiger partial charge on any atom is -0.465 e. The van der Waals surface area contributed by atoms with Crippen LogP contribution in [0.2, 0.25) is 4.47 Å². The van der Waals surface area contributed by atoms with Crippen molar-refractivity contribution < 1.29 is 9.90 Å². The Hall–Kier alpha value is -0.810. The SMILES string of the molecule is CN(C(=O)O)C1CCc2nc(Cl)sc2C1. The van der Waals surface area contributed by atoms with Crippen molar-refractivity contribution in [3.63, 3.8) is 0 Å². The van der Waals surface area contributed by atoms with Crippen LogP contribution in [0.1, 0.15) is 17.0 Å². The van der Waals surface area contributed by atoms with E-state index in [-0.39, 0.29) is 6.04 Å². The zero-order valence-electron chi connectivity index (χ0n) is 8.23. The molecule has 1 amide bonds. The summed E-state index contributed by atoms with van der Waals surface area (Å²) in [5, 5.41) is 8.88. The first-order valence-corrected chi connectivity index (χ1v) is 5.87. The van der Waals surface area contributed by atoms with Gasteiger partial charge in [-0.3, -0.25) is 0 Å². The molecule has 82 valence electrons. The minimum atomic E-state index is -0.876. The van der Waals surface area contributed by atoms with Crippen LogP contribution in [0.5, 0.6) is 0 Å². The molecule has 0 saturated heterocycles. The molecule has 1 aromatic rings. The van der Waals surface area contributed by atoms with E-state index in [0.29, 0.717) is 4.47 Å². The number of aromatic nitrogens is 1. The Morgan fingerprint density at radius 3 is 3.13 bits per heavy atom. The Labute approximate surface area is 96.5 Å². The number of likely N-dealkylation sites (N-methyl/N-ethyl adjacent to an activating group) is 1. The van der Waals surface area contributed by atoms with Gasteiger partial charge in [0.1, 0.15) is 0 Å². The van der Waals surface area contributed by atoms with Gasteiger partial charge >= 0.3 is 6.09 Å². The molecule has 15 heavy (non-hydrogen) atoms. The van der Waals surface area contributed by atoms with Gasteiger partial charge in [0.2, 0.25) is 0 Å². The number of amides is 1. The Morgan fingerprint density at radius 1 is 1.73 bits per heavy atom. The number of rotatable bonds is 1. The molecule has 1 atom stereocenters. The summed E-state index contributed by atoms with van der Waals surface area (Å²) in [7, 11) is 1.61. The number of carbonyl (C=O) groups is 1. The molecule has 1 aliphatic carbocycles. The Kier molecular flexibility index (Phi) is 2.84. The number of aryl methyl sites for hydroxylation is 1. The summed E-state index contributed by atoms with van der Waals surface area (Å²) in [6.07, 6.45) is 1.51. The largest absolute Gasteiger partial charge is 0.465 e. The average molecular weight is 247 g/mol. The zero-order chi connectivity index (χ0) is 11.0. The molecule has 0 saturated carbocycles. The molecule has 0 radical (unpaired) electrons. The molecule has 0 aliphatic heterocycles. The number of fused-ring (bicyclic) bond motifs is 1. The number of hydrogen-bond acceptors (Lipinski definition) is 3. The highest BCUT2D eigenvalue weighted by Gasteiger charge is 2.27. The number of carboxylic acid groups (broad SMARTS) is 1. The average Bonchev–Trinajstić information content (AvgIpc) is 2.55. The van der Waals surface area contributed by atoms with E-state index in [0.717, 1.165) is 29.8 Å². The lowest BCUT2D eigenvalue weighted by Gasteiger charge is -2.28. The maximum absolute atomic E-state index is 10.8. The summed E-state index contributed by atoms with van der Waals surface area (Å²) in [5.41, 5.74) is 1.04. The summed E-state index contributed by atoms with van der Waals surface area (Å²) in [6, 6.07) is 0.0616. The van der Waals surface area contributed by atoms with Gasteiger partial charge in [-0.2, -0.15) is 0 Å². The standard InChI is InChI=1S/C9H11ClN2O2S/c1-12(9(13)14)5-2-3-6-7(4-5)15-8(10)11-6/h5H,2-4H2,1H3,(H,13,14). The van der Waals surface area contributed by atoms with Gasteiger partial charge < -0.3 is 10.0 Å². The van der Waals surface area contributed by atoms with Gasteiger partial charge in [-0.15, -0.1) is 11.3 Å². The van der Waals surface area contributed by atoms with Crippen LogP contribution in [0.4, 0.5) is 4.79 Å². The molecule has 0 spiro atoms. The van der Waals surface area contributed by atoms with E-state index in [1.165, 1.54) is 16.2 Å². The lowest BCUT2D eigenvalue weighted by molar-refractivity contribution is 0.134. The molecule has 0 fully saturated rings. The van der Waals surface area contributed by atoms with Gasteiger partial charge in [0.05, 0.1) is 5.69 Å². The highest BCUT2D eigenvalue weighted by Crippen LogP contribution is 2.30. The normalized spacial score (nSPS) is 19.7. The van der Waals surface area contributed by atoms with Crippen LogP contribution in [-0.2, 0) is 12.8 Å². The quantitative estimate of drug-likeness (QED) is 0.827. The Morgan fingerprint density at radius 2 is 2.47 bits per heavy atom. The first kappa shape index (κ1) is 10.7. The third kappa shape index (κ3) is 2.08. The van der Waals surface area contributed by atoms with Crippen molar-refractivity contribution >= 4 is 29.0 Å². The van der Waals surface area contributed by atoms with Crippen molar-refractivity contribution in [1.82, 2.24) is 9.88 Å². The molecular weight excluding hydrogens is 236 g/mol. The first-order valence-electron chi connectivity index (χ1n) is 4.67. The molecule has 4 nitrogen and oxygen atoms in total. The van der Waals surface area contributed by atoms with E-state index >= 15 is 0 Å². The predicted molar refractivity (Wildman–Crippen MR) is 58.7 cm³/mol. The summed E-state index contributed by atoms with van der Waals surface area (Å²) in [5.74, 6) is 0. The lowest BCUT2D eigenvalue weighted by atomic mass is 9.97. The zero-order valence-corrected chi connectivity index (χ0v) is 9.81. The van der Waals surface area contributed by atoms with Crippen molar-refractivity contribution in [2.45, 2.75) is 25.3 Å². The maximum atomic E-state index is 10.8. The summed E-state index contributed by atoms with van der Waals surface area (Å²) >= 11 is 7.28. The first-order chi connectivity index (χ1) is 7.08. The number of halogens is 1. The number of nitrogens with zero attached hydrogens (tertiary/aromatic N) is 2. The van der Waals surface area contributed by atoms with Crippen LogP contribution >= 0.6 is 22.9 Å². The third-order valence-corrected chi connectivity index (χ3v) is 3.96. The van der Waals surface area contributed by atoms with Crippen LogP contribution < -0.4 is 0 Å². The molecule has 0 aromatic carbocycles. The summed E-state index contributed by atoms with van der Waals surface area (Å²) < 4.78 is 0.554. The number of thiazole rings is 1. The molecule has 1 aliphatic rings. The van der Waals surface area contributed by atoms with Crippen LogP contribution in [0.3, 0.4) is 0 Å². The van der Waals surface area contributed by atoms with E-state index in [1.54, 1.807) is 7.05 Å².